The molecule has 10 heteroatoms. The molecule has 2 aliphatic heterocycles. The van der Waals surface area contributed by atoms with E-state index in [1.165, 1.54) is 6.33 Å². The molecule has 0 radical (unpaired) electrons. The minimum atomic E-state index is -4.19. The van der Waals surface area contributed by atoms with Crippen molar-refractivity contribution >= 4 is 54.4 Å². The Morgan fingerprint density at radius 1 is 1.26 bits per heavy atom. The van der Waals surface area contributed by atoms with Gasteiger partial charge in [0.1, 0.15) is 17.0 Å². The average Bonchev–Trinajstić information content (AvgIpc) is 2.88. The van der Waals surface area contributed by atoms with Crippen LogP contribution in [0, 0.1) is 5.92 Å². The monoisotopic (exact) mass is 382 g/mol. The van der Waals surface area contributed by atoms with Crippen molar-refractivity contribution in [3.05, 3.63) is 17.3 Å². The summed E-state index contributed by atoms with van der Waals surface area (Å²) in [4.78, 5) is 11.5. The van der Waals surface area contributed by atoms with Crippen molar-refractivity contribution < 1.29 is 13.2 Å². The molecular weight excluding hydrogens is 365 g/mol. The molecule has 23 heavy (non-hydrogen) atoms. The summed E-state index contributed by atoms with van der Waals surface area (Å²) in [6, 6.07) is 2.08. The first-order valence-electron chi connectivity index (χ1n) is 6.78. The zero-order valence-electron chi connectivity index (χ0n) is 12.0. The molecule has 2 saturated heterocycles. The van der Waals surface area contributed by atoms with Gasteiger partial charge in [0.2, 0.25) is 0 Å². The van der Waals surface area contributed by atoms with E-state index in [0.717, 1.165) is 42.2 Å². The second kappa shape index (κ2) is 6.66. The molecule has 1 N–H and O–H groups in total. The maximum absolute atomic E-state index is 12.5. The van der Waals surface area contributed by atoms with E-state index < -0.39 is 12.6 Å². The van der Waals surface area contributed by atoms with Crippen molar-refractivity contribution in [2.75, 3.05) is 24.5 Å². The average molecular weight is 383 g/mol. The summed E-state index contributed by atoms with van der Waals surface area (Å²) in [5, 5.41) is 4.10. The summed E-state index contributed by atoms with van der Waals surface area (Å²) in [6.07, 6.45) is -3.65. The molecule has 0 spiro atoms. The molecular formula is C13H17F3N4S3. The maximum atomic E-state index is 12.5. The van der Waals surface area contributed by atoms with Crippen molar-refractivity contribution in [2.24, 2.45) is 5.92 Å². The number of thiophene rings is 1. The fourth-order valence-electron chi connectivity index (χ4n) is 3.05. The summed E-state index contributed by atoms with van der Waals surface area (Å²) in [5.74, 6) is 1.39. The molecule has 0 bridgehead atoms. The molecule has 4 nitrogen and oxygen atoms in total. The first kappa shape index (κ1) is 18.6. The molecule has 0 aromatic carbocycles. The molecule has 128 valence electrons. The van der Waals surface area contributed by atoms with Crippen LogP contribution in [0.15, 0.2) is 12.4 Å². The van der Waals surface area contributed by atoms with E-state index in [9.17, 15) is 13.2 Å². The van der Waals surface area contributed by atoms with Crippen LogP contribution in [-0.2, 0) is 6.42 Å². The second-order valence-corrected chi connectivity index (χ2v) is 6.72. The predicted molar refractivity (Wildman–Crippen MR) is 95.4 cm³/mol. The summed E-state index contributed by atoms with van der Waals surface area (Å²) < 4.78 is 37.6. The normalized spacial score (nSPS) is 23.0. The first-order chi connectivity index (χ1) is 9.99. The van der Waals surface area contributed by atoms with E-state index in [1.54, 1.807) is 6.07 Å². The maximum Gasteiger partial charge on any atom is 0.393 e. The van der Waals surface area contributed by atoms with Crippen LogP contribution in [0.2, 0.25) is 0 Å². The van der Waals surface area contributed by atoms with Crippen molar-refractivity contribution in [2.45, 2.75) is 18.6 Å². The van der Waals surface area contributed by atoms with E-state index >= 15 is 0 Å². The van der Waals surface area contributed by atoms with Crippen LogP contribution >= 0.6 is 38.3 Å². The van der Waals surface area contributed by atoms with Gasteiger partial charge in [-0.05, 0) is 6.07 Å². The molecule has 0 amide bonds. The summed E-state index contributed by atoms with van der Waals surface area (Å²) >= 11 is 1.10. The molecule has 2 aromatic rings. The molecule has 0 unspecified atom stereocenters. The van der Waals surface area contributed by atoms with Gasteiger partial charge in [-0.1, -0.05) is 0 Å². The van der Waals surface area contributed by atoms with E-state index in [2.05, 4.69) is 20.2 Å². The SMILES string of the molecule is FC(F)(F)Cc1cc2c(N3C[C@@H]4CN[C@@H]4C3)ncnc2s1.S.S. The molecule has 4 heterocycles. The van der Waals surface area contributed by atoms with Gasteiger partial charge >= 0.3 is 6.18 Å². The lowest BCUT2D eigenvalue weighted by Gasteiger charge is -2.29. The fraction of sp³-hybridized carbons (Fsp3) is 0.538. The molecule has 0 saturated carbocycles. The molecule has 2 fully saturated rings. The van der Waals surface area contributed by atoms with Crippen LogP contribution in [0.25, 0.3) is 10.2 Å². The zero-order chi connectivity index (χ0) is 14.6. The number of nitrogens with zero attached hydrogens (tertiary/aromatic N) is 3. The lowest BCUT2D eigenvalue weighted by atomic mass is 9.96. The Labute approximate surface area is 149 Å². The number of hydrogen-bond acceptors (Lipinski definition) is 5. The Morgan fingerprint density at radius 2 is 2.04 bits per heavy atom. The van der Waals surface area contributed by atoms with Crippen LogP contribution in [0.4, 0.5) is 19.0 Å². The number of rotatable bonds is 2. The highest BCUT2D eigenvalue weighted by Gasteiger charge is 2.40. The van der Waals surface area contributed by atoms with E-state index in [1.807, 2.05) is 0 Å². The largest absolute Gasteiger partial charge is 0.393 e. The van der Waals surface area contributed by atoms with Gasteiger partial charge in [0.05, 0.1) is 11.8 Å². The summed E-state index contributed by atoms with van der Waals surface area (Å²) in [7, 11) is 0. The molecule has 2 aromatic heterocycles. The number of nitrogens with one attached hydrogen (secondary N) is 1. The highest BCUT2D eigenvalue weighted by atomic mass is 32.1. The van der Waals surface area contributed by atoms with Crippen molar-refractivity contribution in [3.8, 4) is 0 Å². The predicted octanol–water partition coefficient (Wildman–Crippen LogP) is 2.43. The van der Waals surface area contributed by atoms with Crippen LogP contribution in [0.3, 0.4) is 0 Å². The Hall–Kier alpha value is -0.710. The lowest BCUT2D eigenvalue weighted by molar-refractivity contribution is -0.126. The minimum Gasteiger partial charge on any atom is -0.354 e. The molecule has 0 aliphatic carbocycles. The van der Waals surface area contributed by atoms with Crippen molar-refractivity contribution in [3.63, 3.8) is 0 Å². The number of anilines is 1. The quantitative estimate of drug-likeness (QED) is 0.866. The number of alkyl halides is 3. The third-order valence-corrected chi connectivity index (χ3v) is 5.16. The Morgan fingerprint density at radius 3 is 2.61 bits per heavy atom. The third-order valence-electron chi connectivity index (χ3n) is 4.12. The lowest BCUT2D eigenvalue weighted by Crippen LogP contribution is -2.51. The smallest absolute Gasteiger partial charge is 0.354 e. The second-order valence-electron chi connectivity index (χ2n) is 5.60. The van der Waals surface area contributed by atoms with E-state index in [-0.39, 0.29) is 27.0 Å². The van der Waals surface area contributed by atoms with Crippen LogP contribution in [-0.4, -0.2) is 41.8 Å². The van der Waals surface area contributed by atoms with Gasteiger partial charge in [-0.3, -0.25) is 0 Å². The minimum absolute atomic E-state index is 0. The van der Waals surface area contributed by atoms with Crippen LogP contribution in [0.5, 0.6) is 0 Å². The van der Waals surface area contributed by atoms with Crippen molar-refractivity contribution in [1.29, 1.82) is 0 Å². The topological polar surface area (TPSA) is 41.0 Å². The number of hydrogen-bond donors (Lipinski definition) is 1. The van der Waals surface area contributed by atoms with Crippen LogP contribution < -0.4 is 10.2 Å². The van der Waals surface area contributed by atoms with Gasteiger partial charge in [-0.15, -0.1) is 11.3 Å². The van der Waals surface area contributed by atoms with E-state index in [4.69, 9.17) is 0 Å². The highest BCUT2D eigenvalue weighted by molar-refractivity contribution is 7.59. The fourth-order valence-corrected chi connectivity index (χ4v) is 4.08. The van der Waals surface area contributed by atoms with Gasteiger partial charge < -0.3 is 10.2 Å². The molecule has 4 rings (SSSR count). The van der Waals surface area contributed by atoms with Gasteiger partial charge in [0, 0.05) is 36.5 Å². The van der Waals surface area contributed by atoms with Gasteiger partial charge in [-0.2, -0.15) is 40.2 Å². The van der Waals surface area contributed by atoms with Crippen LogP contribution in [0.1, 0.15) is 4.88 Å². The third kappa shape index (κ3) is 3.54. The summed E-state index contributed by atoms with van der Waals surface area (Å²) in [6.45, 7) is 2.79. The number of halogens is 3. The zero-order valence-corrected chi connectivity index (χ0v) is 14.8. The first-order valence-corrected chi connectivity index (χ1v) is 7.60. The highest BCUT2D eigenvalue weighted by Crippen LogP contribution is 2.36. The number of fused-ring (bicyclic) bond motifs is 2. The number of aromatic nitrogens is 2. The Kier molecular flexibility index (Phi) is 5.39. The Bertz CT molecular complexity index is 679. The molecule has 2 atom stereocenters. The summed E-state index contributed by atoms with van der Waals surface area (Å²) in [5.41, 5.74) is 0. The standard InChI is InChI=1S/C13H13F3N4S.2H2S/c14-13(15,16)2-8-1-9-11(18-6-19-12(9)21-8)20-4-7-3-17-10(7)5-20;;/h1,6-7,10,17H,2-5H2;2*1H2/t7-,10+;;/m0../s1. The van der Waals surface area contributed by atoms with Gasteiger partial charge in [0.25, 0.3) is 0 Å². The molecule has 2 aliphatic rings. The van der Waals surface area contributed by atoms with E-state index in [0.29, 0.717) is 21.7 Å². The van der Waals surface area contributed by atoms with Crippen molar-refractivity contribution in [1.82, 2.24) is 15.3 Å². The van der Waals surface area contributed by atoms with Gasteiger partial charge in [0.15, 0.2) is 0 Å². The van der Waals surface area contributed by atoms with Gasteiger partial charge in [-0.25, -0.2) is 9.97 Å². The Balaban J connectivity index is 0.000000960.